The van der Waals surface area contributed by atoms with Crippen LogP contribution in [0.4, 0.5) is 0 Å². The third-order valence-corrected chi connectivity index (χ3v) is 2.17. The molecule has 15 heavy (non-hydrogen) atoms. The molecular weight excluding hydrogens is 184 g/mol. The summed E-state index contributed by atoms with van der Waals surface area (Å²) in [5.41, 5.74) is 1.18. The summed E-state index contributed by atoms with van der Waals surface area (Å²) in [7, 11) is 0. The molecule has 0 aliphatic carbocycles. The van der Waals surface area contributed by atoms with Gasteiger partial charge < -0.3 is 4.74 Å². The van der Waals surface area contributed by atoms with E-state index in [4.69, 9.17) is 4.74 Å². The Morgan fingerprint density at radius 1 is 0.867 bits per heavy atom. The van der Waals surface area contributed by atoms with Gasteiger partial charge in [0.1, 0.15) is 11.5 Å². The predicted molar refractivity (Wildman–Crippen MR) is 62.0 cm³/mol. The summed E-state index contributed by atoms with van der Waals surface area (Å²) in [6.45, 7) is 3.85. The molecule has 0 fully saturated rings. The van der Waals surface area contributed by atoms with Crippen LogP contribution in [0, 0.1) is 6.92 Å². The van der Waals surface area contributed by atoms with Crippen molar-refractivity contribution < 1.29 is 4.74 Å². The zero-order valence-electron chi connectivity index (χ0n) is 8.52. The van der Waals surface area contributed by atoms with Gasteiger partial charge in [0, 0.05) is 0 Å². The molecule has 0 bridgehead atoms. The van der Waals surface area contributed by atoms with E-state index in [1.54, 1.807) is 0 Å². The molecule has 0 amide bonds. The maximum absolute atomic E-state index is 5.69. The third-order valence-electron chi connectivity index (χ3n) is 2.17. The van der Waals surface area contributed by atoms with Crippen LogP contribution in [0.25, 0.3) is 0 Å². The first-order valence-corrected chi connectivity index (χ1v) is 4.99. The minimum Gasteiger partial charge on any atom is -0.457 e. The van der Waals surface area contributed by atoms with E-state index >= 15 is 0 Å². The molecule has 0 heterocycles. The summed E-state index contributed by atoms with van der Waals surface area (Å²) in [4.78, 5) is 0. The molecule has 75 valence electrons. The molecule has 0 unspecified atom stereocenters. The summed E-state index contributed by atoms with van der Waals surface area (Å²) in [5.74, 6) is 1.72. The second kappa shape index (κ2) is 4.65. The molecule has 1 nitrogen and oxygen atoms in total. The maximum atomic E-state index is 5.69. The first-order chi connectivity index (χ1) is 7.38. The summed E-state index contributed by atoms with van der Waals surface area (Å²) in [6.07, 6.45) is 0.784. The van der Waals surface area contributed by atoms with Crippen molar-refractivity contribution in [3.63, 3.8) is 0 Å². The summed E-state index contributed by atoms with van der Waals surface area (Å²) in [6, 6.07) is 17.8. The van der Waals surface area contributed by atoms with E-state index < -0.39 is 0 Å². The topological polar surface area (TPSA) is 9.23 Å². The van der Waals surface area contributed by atoms with Gasteiger partial charge in [0.05, 0.1) is 0 Å². The van der Waals surface area contributed by atoms with Crippen molar-refractivity contribution in [1.82, 2.24) is 0 Å². The van der Waals surface area contributed by atoms with Gasteiger partial charge in [-0.2, -0.15) is 0 Å². The van der Waals surface area contributed by atoms with Crippen LogP contribution in [0.15, 0.2) is 54.6 Å². The lowest BCUT2D eigenvalue weighted by atomic mass is 10.2. The van der Waals surface area contributed by atoms with Crippen molar-refractivity contribution in [3.05, 3.63) is 67.1 Å². The van der Waals surface area contributed by atoms with Crippen molar-refractivity contribution in [1.29, 1.82) is 0 Å². The summed E-state index contributed by atoms with van der Waals surface area (Å²) >= 11 is 0. The number of hydrogen-bond donors (Lipinski definition) is 0. The summed E-state index contributed by atoms with van der Waals surface area (Å²) < 4.78 is 5.69. The number of hydrogen-bond acceptors (Lipinski definition) is 1. The van der Waals surface area contributed by atoms with Crippen LogP contribution in [0.3, 0.4) is 0 Å². The number of ether oxygens (including phenoxy) is 1. The van der Waals surface area contributed by atoms with Crippen molar-refractivity contribution >= 4 is 0 Å². The lowest BCUT2D eigenvalue weighted by Crippen LogP contribution is -1.85. The highest BCUT2D eigenvalue weighted by Crippen LogP contribution is 2.21. The number of rotatable bonds is 3. The molecule has 0 N–H and O–H groups in total. The Morgan fingerprint density at radius 3 is 2.33 bits per heavy atom. The van der Waals surface area contributed by atoms with Gasteiger partial charge in [0.25, 0.3) is 0 Å². The van der Waals surface area contributed by atoms with Gasteiger partial charge in [0.2, 0.25) is 0 Å². The number of para-hydroxylation sites is 1. The smallest absolute Gasteiger partial charge is 0.127 e. The van der Waals surface area contributed by atoms with E-state index in [9.17, 15) is 0 Å². The zero-order chi connectivity index (χ0) is 10.5. The van der Waals surface area contributed by atoms with Crippen molar-refractivity contribution in [3.8, 4) is 11.5 Å². The van der Waals surface area contributed by atoms with E-state index in [0.29, 0.717) is 0 Å². The van der Waals surface area contributed by atoms with Crippen LogP contribution < -0.4 is 4.74 Å². The average molecular weight is 197 g/mol. The fourth-order valence-corrected chi connectivity index (χ4v) is 1.39. The fourth-order valence-electron chi connectivity index (χ4n) is 1.39. The molecule has 0 saturated heterocycles. The highest BCUT2D eigenvalue weighted by molar-refractivity contribution is 5.33. The Morgan fingerprint density at radius 2 is 1.60 bits per heavy atom. The fraction of sp³-hybridized carbons (Fsp3) is 0.0714. The van der Waals surface area contributed by atoms with Gasteiger partial charge in [-0.25, -0.2) is 0 Å². The Hall–Kier alpha value is -1.76. The molecule has 0 aliphatic heterocycles. The van der Waals surface area contributed by atoms with Crippen molar-refractivity contribution in [2.45, 2.75) is 6.42 Å². The molecule has 0 aromatic heterocycles. The molecule has 2 aromatic carbocycles. The SMILES string of the molecule is [CH2]Cc1cccc(Oc2ccccc2)c1. The Bertz CT molecular complexity index is 420. The third kappa shape index (κ3) is 2.59. The average Bonchev–Trinajstić information content (AvgIpc) is 2.31. The second-order valence-corrected chi connectivity index (χ2v) is 3.31. The zero-order valence-corrected chi connectivity index (χ0v) is 8.52. The first kappa shape index (κ1) is 9.78. The molecule has 1 radical (unpaired) electrons. The molecule has 0 saturated carbocycles. The summed E-state index contributed by atoms with van der Waals surface area (Å²) in [5, 5.41) is 0. The monoisotopic (exact) mass is 197 g/mol. The van der Waals surface area contributed by atoms with Crippen molar-refractivity contribution in [2.24, 2.45) is 0 Å². The van der Waals surface area contributed by atoms with Crippen LogP contribution in [0.5, 0.6) is 11.5 Å². The lowest BCUT2D eigenvalue weighted by molar-refractivity contribution is 0.482. The van der Waals surface area contributed by atoms with Crippen LogP contribution in [-0.2, 0) is 6.42 Å². The highest BCUT2D eigenvalue weighted by atomic mass is 16.5. The van der Waals surface area contributed by atoms with Crippen LogP contribution >= 0.6 is 0 Å². The van der Waals surface area contributed by atoms with E-state index in [0.717, 1.165) is 17.9 Å². The van der Waals surface area contributed by atoms with E-state index in [1.807, 2.05) is 54.6 Å². The number of benzene rings is 2. The molecule has 1 heteroatoms. The Balaban J connectivity index is 2.17. The molecular formula is C14H13O. The van der Waals surface area contributed by atoms with Gasteiger partial charge in [-0.3, -0.25) is 0 Å². The lowest BCUT2D eigenvalue weighted by Gasteiger charge is -2.06. The Labute approximate surface area is 90.3 Å². The molecule has 2 aromatic rings. The van der Waals surface area contributed by atoms with Gasteiger partial charge >= 0.3 is 0 Å². The van der Waals surface area contributed by atoms with Gasteiger partial charge in [0.15, 0.2) is 0 Å². The first-order valence-electron chi connectivity index (χ1n) is 4.99. The molecule has 2 rings (SSSR count). The molecule has 0 spiro atoms. The van der Waals surface area contributed by atoms with Crippen LogP contribution in [0.2, 0.25) is 0 Å². The van der Waals surface area contributed by atoms with Gasteiger partial charge in [-0.1, -0.05) is 30.3 Å². The van der Waals surface area contributed by atoms with Crippen molar-refractivity contribution in [2.75, 3.05) is 0 Å². The largest absolute Gasteiger partial charge is 0.457 e. The minimum atomic E-state index is 0.784. The van der Waals surface area contributed by atoms with Gasteiger partial charge in [-0.15, -0.1) is 0 Å². The van der Waals surface area contributed by atoms with Gasteiger partial charge in [-0.05, 0) is 43.2 Å². The van der Waals surface area contributed by atoms with E-state index in [1.165, 1.54) is 5.56 Å². The predicted octanol–water partition coefficient (Wildman–Crippen LogP) is 3.86. The second-order valence-electron chi connectivity index (χ2n) is 3.31. The van der Waals surface area contributed by atoms with E-state index in [-0.39, 0.29) is 0 Å². The quantitative estimate of drug-likeness (QED) is 0.726. The minimum absolute atomic E-state index is 0.784. The highest BCUT2D eigenvalue weighted by Gasteiger charge is 1.96. The van der Waals surface area contributed by atoms with Crippen LogP contribution in [0.1, 0.15) is 5.56 Å². The normalized spacial score (nSPS) is 9.93. The van der Waals surface area contributed by atoms with Crippen LogP contribution in [-0.4, -0.2) is 0 Å². The maximum Gasteiger partial charge on any atom is 0.127 e. The molecule has 0 aliphatic rings. The van der Waals surface area contributed by atoms with E-state index in [2.05, 4.69) is 6.92 Å². The standard InChI is InChI=1S/C14H13O/c1-2-12-7-6-10-14(11-12)15-13-8-4-3-5-9-13/h3-11H,1-2H2. The Kier molecular flexibility index (Phi) is 3.03. The molecule has 0 atom stereocenters.